The molecule has 2 aromatic carbocycles. The maximum absolute atomic E-state index is 11.9. The molecule has 3 nitrogen and oxygen atoms in total. The van der Waals surface area contributed by atoms with Crippen LogP contribution in [-0.4, -0.2) is 31.0 Å². The first-order valence-electron chi connectivity index (χ1n) is 8.10. The minimum absolute atomic E-state index is 0.119. The average molecular weight is 309 g/mol. The molecule has 1 fully saturated rings. The Hall–Kier alpha value is -2.13. The Morgan fingerprint density at radius 2 is 1.70 bits per heavy atom. The van der Waals surface area contributed by atoms with Crippen LogP contribution in [0.2, 0.25) is 0 Å². The van der Waals surface area contributed by atoms with Crippen molar-refractivity contribution in [2.75, 3.05) is 20.1 Å². The Morgan fingerprint density at radius 3 is 2.30 bits per heavy atom. The maximum Gasteiger partial charge on any atom is 0.303 e. The second kappa shape index (κ2) is 6.55. The van der Waals surface area contributed by atoms with Gasteiger partial charge in [0.05, 0.1) is 0 Å². The van der Waals surface area contributed by atoms with Crippen LogP contribution in [0.3, 0.4) is 0 Å². The third-order valence-corrected chi connectivity index (χ3v) is 4.71. The Bertz CT molecular complexity index is 656. The van der Waals surface area contributed by atoms with Gasteiger partial charge in [0, 0.05) is 32.4 Å². The summed E-state index contributed by atoms with van der Waals surface area (Å²) in [5.41, 5.74) is 1.70. The molecule has 1 saturated heterocycles. The summed E-state index contributed by atoms with van der Waals surface area (Å²) in [6.07, 6.45) is 0.798. The first-order chi connectivity index (χ1) is 11.1. The molecule has 0 N–H and O–H groups in total. The summed E-state index contributed by atoms with van der Waals surface area (Å²) in [6, 6.07) is 20.6. The number of likely N-dealkylation sites (N-methyl/N-ethyl adjacent to an activating group) is 1. The van der Waals surface area contributed by atoms with Crippen LogP contribution in [0.4, 0.5) is 0 Å². The monoisotopic (exact) mass is 309 g/mol. The summed E-state index contributed by atoms with van der Waals surface area (Å²) < 4.78 is 6.01. The van der Waals surface area contributed by atoms with E-state index in [1.54, 1.807) is 0 Å². The molecule has 1 aliphatic rings. The normalized spacial score (nSPS) is 25.0. The number of esters is 1. The van der Waals surface area contributed by atoms with E-state index in [1.807, 2.05) is 36.4 Å². The number of carbonyl (C=O) groups is 1. The van der Waals surface area contributed by atoms with Gasteiger partial charge in [0.25, 0.3) is 0 Å². The molecule has 0 aliphatic carbocycles. The van der Waals surface area contributed by atoms with E-state index in [1.165, 1.54) is 12.5 Å². The zero-order chi connectivity index (χ0) is 16.3. The number of ether oxygens (including phenoxy) is 1. The average Bonchev–Trinajstić information content (AvgIpc) is 2.58. The molecule has 0 amide bonds. The molecule has 120 valence electrons. The van der Waals surface area contributed by atoms with Gasteiger partial charge in [0.1, 0.15) is 5.60 Å². The lowest BCUT2D eigenvalue weighted by atomic mass is 9.72. The zero-order valence-corrected chi connectivity index (χ0v) is 13.7. The zero-order valence-electron chi connectivity index (χ0n) is 13.7. The smallest absolute Gasteiger partial charge is 0.303 e. The molecule has 0 saturated carbocycles. The number of hydrogen-bond donors (Lipinski definition) is 0. The van der Waals surface area contributed by atoms with Crippen LogP contribution in [-0.2, 0) is 15.1 Å². The fourth-order valence-corrected chi connectivity index (χ4v) is 3.64. The van der Waals surface area contributed by atoms with Crippen molar-refractivity contribution in [3.05, 3.63) is 71.8 Å². The molecule has 1 heterocycles. The molecule has 2 aromatic rings. The van der Waals surface area contributed by atoms with Gasteiger partial charge in [-0.05, 0) is 18.2 Å². The number of carbonyl (C=O) groups excluding carboxylic acids is 1. The summed E-state index contributed by atoms with van der Waals surface area (Å²) in [6.45, 7) is 3.28. The van der Waals surface area contributed by atoms with Crippen molar-refractivity contribution in [1.82, 2.24) is 4.90 Å². The van der Waals surface area contributed by atoms with E-state index in [9.17, 15) is 4.79 Å². The molecule has 0 radical (unpaired) electrons. The van der Waals surface area contributed by atoms with Crippen molar-refractivity contribution in [2.24, 2.45) is 0 Å². The van der Waals surface area contributed by atoms with Gasteiger partial charge in [-0.25, -0.2) is 0 Å². The van der Waals surface area contributed by atoms with Crippen LogP contribution < -0.4 is 0 Å². The maximum atomic E-state index is 11.9. The highest BCUT2D eigenvalue weighted by molar-refractivity contribution is 5.67. The van der Waals surface area contributed by atoms with E-state index in [2.05, 4.69) is 36.2 Å². The molecule has 0 aromatic heterocycles. The molecule has 0 bridgehead atoms. The van der Waals surface area contributed by atoms with Crippen molar-refractivity contribution < 1.29 is 9.53 Å². The molecule has 0 unspecified atom stereocenters. The minimum atomic E-state index is -0.596. The van der Waals surface area contributed by atoms with Gasteiger partial charge in [-0.15, -0.1) is 0 Å². The van der Waals surface area contributed by atoms with Crippen molar-refractivity contribution in [3.63, 3.8) is 0 Å². The third-order valence-electron chi connectivity index (χ3n) is 4.71. The van der Waals surface area contributed by atoms with Gasteiger partial charge in [-0.2, -0.15) is 0 Å². The second-order valence-corrected chi connectivity index (χ2v) is 6.32. The lowest BCUT2D eigenvalue weighted by Crippen LogP contribution is -2.49. The predicted octanol–water partition coefficient (Wildman–Crippen LogP) is 3.56. The van der Waals surface area contributed by atoms with E-state index >= 15 is 0 Å². The van der Waals surface area contributed by atoms with E-state index < -0.39 is 5.60 Å². The highest BCUT2D eigenvalue weighted by Gasteiger charge is 2.47. The number of nitrogens with zero attached hydrogens (tertiary/aromatic N) is 1. The lowest BCUT2D eigenvalue weighted by molar-refractivity contribution is -0.167. The van der Waals surface area contributed by atoms with E-state index in [-0.39, 0.29) is 11.9 Å². The van der Waals surface area contributed by atoms with Gasteiger partial charge in [-0.1, -0.05) is 60.7 Å². The van der Waals surface area contributed by atoms with Crippen LogP contribution in [0, 0.1) is 0 Å². The molecular formula is C20H23NO2. The number of benzene rings is 2. The van der Waals surface area contributed by atoms with Gasteiger partial charge in [0.15, 0.2) is 0 Å². The van der Waals surface area contributed by atoms with Gasteiger partial charge < -0.3 is 9.64 Å². The van der Waals surface area contributed by atoms with Gasteiger partial charge >= 0.3 is 5.97 Å². The summed E-state index contributed by atoms with van der Waals surface area (Å²) in [5.74, 6) is -0.104. The topological polar surface area (TPSA) is 29.5 Å². The van der Waals surface area contributed by atoms with Crippen LogP contribution in [0.5, 0.6) is 0 Å². The second-order valence-electron chi connectivity index (χ2n) is 6.32. The summed E-state index contributed by atoms with van der Waals surface area (Å²) >= 11 is 0. The van der Waals surface area contributed by atoms with E-state index in [4.69, 9.17) is 4.74 Å². The van der Waals surface area contributed by atoms with Crippen LogP contribution in [0.15, 0.2) is 60.7 Å². The number of likely N-dealkylation sites (tertiary alicyclic amines) is 1. The molecule has 2 atom stereocenters. The Morgan fingerprint density at radius 1 is 1.09 bits per heavy atom. The first-order valence-corrected chi connectivity index (χ1v) is 8.10. The Labute approximate surface area is 137 Å². The standard InChI is InChI=1S/C20H23NO2/c1-16(22)23-20(18-11-7-4-8-12-18)13-14-21(2)15-19(20)17-9-5-3-6-10-17/h3-12,19H,13-15H2,1-2H3/t19-,20+/m1/s1. The Kier molecular flexibility index (Phi) is 4.49. The van der Waals surface area contributed by atoms with Crippen LogP contribution in [0.25, 0.3) is 0 Å². The van der Waals surface area contributed by atoms with Crippen molar-refractivity contribution in [1.29, 1.82) is 0 Å². The molecule has 3 rings (SSSR count). The lowest BCUT2D eigenvalue weighted by Gasteiger charge is -2.46. The molecule has 0 spiro atoms. The fourth-order valence-electron chi connectivity index (χ4n) is 3.64. The number of piperidine rings is 1. The highest BCUT2D eigenvalue weighted by Crippen LogP contribution is 2.46. The fraction of sp³-hybridized carbons (Fsp3) is 0.350. The molecule has 3 heteroatoms. The SMILES string of the molecule is CC(=O)O[C@]1(c2ccccc2)CCN(C)C[C@@H]1c1ccccc1. The molecule has 1 aliphatic heterocycles. The van der Waals surface area contributed by atoms with Crippen LogP contribution >= 0.6 is 0 Å². The molecular weight excluding hydrogens is 286 g/mol. The van der Waals surface area contributed by atoms with Gasteiger partial charge in [0.2, 0.25) is 0 Å². The van der Waals surface area contributed by atoms with Gasteiger partial charge in [-0.3, -0.25) is 4.79 Å². The summed E-state index contributed by atoms with van der Waals surface area (Å²) in [4.78, 5) is 14.2. The predicted molar refractivity (Wildman–Crippen MR) is 91.2 cm³/mol. The van der Waals surface area contributed by atoms with E-state index in [0.29, 0.717) is 0 Å². The van der Waals surface area contributed by atoms with Crippen molar-refractivity contribution in [2.45, 2.75) is 24.9 Å². The van der Waals surface area contributed by atoms with Crippen LogP contribution in [0.1, 0.15) is 30.4 Å². The summed E-state index contributed by atoms with van der Waals surface area (Å²) in [7, 11) is 2.12. The Balaban J connectivity index is 2.12. The highest BCUT2D eigenvalue weighted by atomic mass is 16.6. The largest absolute Gasteiger partial charge is 0.454 e. The number of hydrogen-bond acceptors (Lipinski definition) is 3. The van der Waals surface area contributed by atoms with E-state index in [0.717, 1.165) is 25.1 Å². The number of rotatable bonds is 3. The van der Waals surface area contributed by atoms with Crippen molar-refractivity contribution in [3.8, 4) is 0 Å². The molecule has 23 heavy (non-hydrogen) atoms. The minimum Gasteiger partial charge on any atom is -0.454 e. The summed E-state index contributed by atoms with van der Waals surface area (Å²) in [5, 5.41) is 0. The quantitative estimate of drug-likeness (QED) is 0.812. The van der Waals surface area contributed by atoms with Crippen molar-refractivity contribution >= 4 is 5.97 Å². The third kappa shape index (κ3) is 3.15. The first kappa shape index (κ1) is 15.8.